The zero-order valence-electron chi connectivity index (χ0n) is 15.4. The monoisotopic (exact) mass is 372 g/mol. The molecule has 0 radical (unpaired) electrons. The van der Waals surface area contributed by atoms with Gasteiger partial charge in [0.15, 0.2) is 5.76 Å². The Hall–Kier alpha value is -1.92. The normalized spacial score (nSPS) is 20.3. The minimum absolute atomic E-state index is 0.166. The lowest BCUT2D eigenvalue weighted by atomic mass is 9.83. The maximum Gasteiger partial charge on any atom is 0.218 e. The van der Waals surface area contributed by atoms with E-state index in [0.717, 1.165) is 43.1 Å². The molecular formula is C20H24N2O3S. The minimum atomic E-state index is -0.323. The maximum absolute atomic E-state index is 11.7. The van der Waals surface area contributed by atoms with Gasteiger partial charge in [-0.3, -0.25) is 4.79 Å². The molecule has 0 spiro atoms. The molecule has 0 unspecified atom stereocenters. The highest BCUT2D eigenvalue weighted by atomic mass is 32.1. The summed E-state index contributed by atoms with van der Waals surface area (Å²) in [6.45, 7) is 7.89. The molecule has 1 aliphatic heterocycles. The van der Waals surface area contributed by atoms with Crippen LogP contribution in [0, 0.1) is 26.7 Å². The minimum Gasteiger partial charge on any atom is -0.381 e. The van der Waals surface area contributed by atoms with Crippen molar-refractivity contribution in [1.82, 2.24) is 5.16 Å². The van der Waals surface area contributed by atoms with E-state index in [1.54, 1.807) is 11.3 Å². The van der Waals surface area contributed by atoms with Crippen molar-refractivity contribution < 1.29 is 14.1 Å². The number of nitrogens with zero attached hydrogens (tertiary/aromatic N) is 1. The number of fused-ring (bicyclic) bond motifs is 3. The molecule has 138 valence electrons. The van der Waals surface area contributed by atoms with Crippen LogP contribution in [-0.2, 0) is 9.53 Å². The Morgan fingerprint density at radius 1 is 1.27 bits per heavy atom. The van der Waals surface area contributed by atoms with E-state index in [-0.39, 0.29) is 18.2 Å². The van der Waals surface area contributed by atoms with Gasteiger partial charge >= 0.3 is 0 Å². The Balaban J connectivity index is 1.95. The van der Waals surface area contributed by atoms with Crippen LogP contribution >= 0.6 is 11.3 Å². The van der Waals surface area contributed by atoms with Crippen LogP contribution in [0.3, 0.4) is 0 Å². The Labute approximate surface area is 157 Å². The fourth-order valence-electron chi connectivity index (χ4n) is 4.16. The number of aryl methyl sites for hydroxylation is 2. The van der Waals surface area contributed by atoms with Crippen LogP contribution in [0.5, 0.6) is 0 Å². The first-order chi connectivity index (χ1) is 12.5. The molecule has 1 atom stereocenters. The second-order valence-electron chi connectivity index (χ2n) is 7.28. The van der Waals surface area contributed by atoms with Crippen LogP contribution in [0.1, 0.15) is 52.6 Å². The molecule has 1 fully saturated rings. The zero-order chi connectivity index (χ0) is 18.4. The van der Waals surface area contributed by atoms with Crippen molar-refractivity contribution in [2.24, 2.45) is 11.7 Å². The first-order valence-electron chi connectivity index (χ1n) is 9.12. The van der Waals surface area contributed by atoms with E-state index >= 15 is 0 Å². The van der Waals surface area contributed by atoms with Gasteiger partial charge in [-0.05, 0) is 56.2 Å². The third-order valence-corrected chi connectivity index (χ3v) is 6.81. The van der Waals surface area contributed by atoms with Crippen LogP contribution in [0.2, 0.25) is 0 Å². The molecule has 0 bridgehead atoms. The number of nitrogens with two attached hydrogens (primary N) is 1. The molecule has 2 aliphatic rings. The highest BCUT2D eigenvalue weighted by molar-refractivity contribution is 7.16. The predicted octanol–water partition coefficient (Wildman–Crippen LogP) is 4.11. The van der Waals surface area contributed by atoms with Crippen molar-refractivity contribution in [3.8, 4) is 10.4 Å². The molecule has 1 amide bonds. The van der Waals surface area contributed by atoms with E-state index in [2.05, 4.69) is 25.1 Å². The van der Waals surface area contributed by atoms with Crippen LogP contribution in [0.4, 0.5) is 0 Å². The fraction of sp³-hybridized carbons (Fsp3) is 0.500. The molecule has 3 heterocycles. The van der Waals surface area contributed by atoms with Gasteiger partial charge in [-0.1, -0.05) is 11.2 Å². The number of thiophene rings is 1. The quantitative estimate of drug-likeness (QED) is 0.879. The molecule has 26 heavy (non-hydrogen) atoms. The molecule has 1 aliphatic carbocycles. The third-order valence-electron chi connectivity index (χ3n) is 5.59. The van der Waals surface area contributed by atoms with Gasteiger partial charge < -0.3 is 15.0 Å². The second-order valence-corrected chi connectivity index (χ2v) is 8.50. The van der Waals surface area contributed by atoms with Gasteiger partial charge in [-0.15, -0.1) is 11.3 Å². The summed E-state index contributed by atoms with van der Waals surface area (Å²) in [5, 5.41) is 4.20. The summed E-state index contributed by atoms with van der Waals surface area (Å²) in [5.74, 6) is 0.713. The molecule has 1 saturated heterocycles. The summed E-state index contributed by atoms with van der Waals surface area (Å²) < 4.78 is 11.3. The van der Waals surface area contributed by atoms with Crippen molar-refractivity contribution in [2.45, 2.75) is 46.0 Å². The molecule has 4 rings (SSSR count). The molecule has 0 aromatic carbocycles. The Morgan fingerprint density at radius 3 is 2.69 bits per heavy atom. The van der Waals surface area contributed by atoms with Gasteiger partial charge in [-0.2, -0.15) is 0 Å². The summed E-state index contributed by atoms with van der Waals surface area (Å²) in [6, 6.07) is 0. The summed E-state index contributed by atoms with van der Waals surface area (Å²) >= 11 is 1.79. The molecule has 2 aromatic rings. The molecular weight excluding hydrogens is 348 g/mol. The van der Waals surface area contributed by atoms with Gasteiger partial charge in [-0.25, -0.2) is 0 Å². The van der Waals surface area contributed by atoms with Gasteiger partial charge in [0.2, 0.25) is 5.91 Å². The number of aromatic nitrogens is 1. The van der Waals surface area contributed by atoms with Gasteiger partial charge in [0.1, 0.15) is 0 Å². The summed E-state index contributed by atoms with van der Waals surface area (Å²) in [5.41, 5.74) is 11.4. The first kappa shape index (κ1) is 17.5. The van der Waals surface area contributed by atoms with Crippen LogP contribution in [0.25, 0.3) is 16.0 Å². The molecule has 2 aromatic heterocycles. The van der Waals surface area contributed by atoms with Gasteiger partial charge in [0, 0.05) is 35.3 Å². The fourth-order valence-corrected chi connectivity index (χ4v) is 5.44. The number of carbonyl (C=O) groups excluding carboxylic acids is 1. The van der Waals surface area contributed by atoms with E-state index in [9.17, 15) is 4.79 Å². The third kappa shape index (κ3) is 2.81. The Morgan fingerprint density at radius 2 is 2.00 bits per heavy atom. The molecule has 6 heteroatoms. The SMILES string of the molecule is Cc1noc2c1-c1sc(C)c(C)c1C(C1CCOCC1)=C[C@H]2CC(N)=O. The topological polar surface area (TPSA) is 78.3 Å². The number of amides is 1. The summed E-state index contributed by atoms with van der Waals surface area (Å²) in [4.78, 5) is 14.3. The summed E-state index contributed by atoms with van der Waals surface area (Å²) in [6.07, 6.45) is 4.46. The van der Waals surface area contributed by atoms with Gasteiger partial charge in [0.05, 0.1) is 11.3 Å². The van der Waals surface area contributed by atoms with E-state index in [1.807, 2.05) is 6.92 Å². The van der Waals surface area contributed by atoms with Crippen molar-refractivity contribution in [3.05, 3.63) is 33.5 Å². The van der Waals surface area contributed by atoms with E-state index in [0.29, 0.717) is 5.92 Å². The smallest absolute Gasteiger partial charge is 0.218 e. The van der Waals surface area contributed by atoms with Crippen LogP contribution in [0.15, 0.2) is 10.6 Å². The van der Waals surface area contributed by atoms with Crippen molar-refractivity contribution in [2.75, 3.05) is 13.2 Å². The van der Waals surface area contributed by atoms with Crippen molar-refractivity contribution in [3.63, 3.8) is 0 Å². The first-order valence-corrected chi connectivity index (χ1v) is 9.93. The lowest BCUT2D eigenvalue weighted by molar-refractivity contribution is -0.118. The maximum atomic E-state index is 11.7. The largest absolute Gasteiger partial charge is 0.381 e. The average molecular weight is 372 g/mol. The standard InChI is InChI=1S/C20H24N2O3S/c1-10-12(3)26-20-17(10)15(13-4-6-24-7-5-13)8-14(9-16(21)23)19-18(20)11(2)22-25-19/h8,13-14H,4-7,9H2,1-3H3,(H2,21,23)/t14-/m0/s1. The number of hydrogen-bond donors (Lipinski definition) is 1. The Bertz CT molecular complexity index is 887. The van der Waals surface area contributed by atoms with Crippen LogP contribution in [-0.4, -0.2) is 24.3 Å². The molecule has 2 N–H and O–H groups in total. The number of hydrogen-bond acceptors (Lipinski definition) is 5. The number of rotatable bonds is 3. The predicted molar refractivity (Wildman–Crippen MR) is 102 cm³/mol. The van der Waals surface area contributed by atoms with Crippen LogP contribution < -0.4 is 5.73 Å². The second kappa shape index (κ2) is 6.67. The zero-order valence-corrected chi connectivity index (χ0v) is 16.2. The van der Waals surface area contributed by atoms with Crippen molar-refractivity contribution >= 4 is 22.8 Å². The van der Waals surface area contributed by atoms with E-state index in [1.165, 1.54) is 26.5 Å². The molecule has 5 nitrogen and oxygen atoms in total. The number of carbonyl (C=O) groups is 1. The van der Waals surface area contributed by atoms with Gasteiger partial charge in [0.25, 0.3) is 0 Å². The van der Waals surface area contributed by atoms with Crippen molar-refractivity contribution in [1.29, 1.82) is 0 Å². The van der Waals surface area contributed by atoms with E-state index < -0.39 is 0 Å². The number of primary amides is 1. The number of allylic oxidation sites excluding steroid dienone is 2. The summed E-state index contributed by atoms with van der Waals surface area (Å²) in [7, 11) is 0. The lowest BCUT2D eigenvalue weighted by Gasteiger charge is -2.26. The highest BCUT2D eigenvalue weighted by Gasteiger charge is 2.34. The van der Waals surface area contributed by atoms with E-state index in [4.69, 9.17) is 15.0 Å². The molecule has 0 saturated carbocycles. The average Bonchev–Trinajstić information content (AvgIpc) is 3.08. The lowest BCUT2D eigenvalue weighted by Crippen LogP contribution is -2.18. The number of ether oxygens (including phenoxy) is 1. The Kier molecular flexibility index (Phi) is 4.49. The highest BCUT2D eigenvalue weighted by Crippen LogP contribution is 2.51.